The largest absolute Gasteiger partial charge is 0.480 e. The van der Waals surface area contributed by atoms with E-state index in [1.165, 1.54) is 12.0 Å². The van der Waals surface area contributed by atoms with Gasteiger partial charge in [0.15, 0.2) is 0 Å². The summed E-state index contributed by atoms with van der Waals surface area (Å²) < 4.78 is 5.18. The molecule has 0 spiro atoms. The third kappa shape index (κ3) is 5.78. The molecular weight excluding hydrogens is 312 g/mol. The maximum atomic E-state index is 12.3. The number of hydrogen-bond donors (Lipinski definition) is 1. The molecule has 1 saturated heterocycles. The maximum absolute atomic E-state index is 12.3. The number of hydrogen-bond acceptors (Lipinski definition) is 4. The van der Waals surface area contributed by atoms with Crippen LogP contribution in [0, 0.1) is 0 Å². The van der Waals surface area contributed by atoms with Gasteiger partial charge < -0.3 is 19.6 Å². The molecule has 2 amide bonds. The molecule has 0 saturated carbocycles. The van der Waals surface area contributed by atoms with Crippen LogP contribution >= 0.6 is 0 Å². The van der Waals surface area contributed by atoms with E-state index in [0.29, 0.717) is 25.8 Å². The van der Waals surface area contributed by atoms with Crippen molar-refractivity contribution in [1.29, 1.82) is 0 Å². The van der Waals surface area contributed by atoms with E-state index in [2.05, 4.69) is 0 Å². The molecular formula is C17H30N2O5. The standard InChI is InChI=1S/C17H30N2O5/c1-4-9-18(10-5-2)15(20)7-6-8-16(21)19-12-13(24-3)11-14(19)17(22)23/h13-14H,4-12H2,1-3H3,(H,22,23). The average molecular weight is 342 g/mol. The third-order valence-electron chi connectivity index (χ3n) is 4.32. The summed E-state index contributed by atoms with van der Waals surface area (Å²) in [6, 6.07) is -0.824. The van der Waals surface area contributed by atoms with Gasteiger partial charge in [0.05, 0.1) is 6.10 Å². The molecule has 2 atom stereocenters. The lowest BCUT2D eigenvalue weighted by Gasteiger charge is -2.23. The molecule has 1 N–H and O–H groups in total. The highest BCUT2D eigenvalue weighted by Gasteiger charge is 2.39. The van der Waals surface area contributed by atoms with Crippen molar-refractivity contribution in [2.75, 3.05) is 26.7 Å². The first-order valence-electron chi connectivity index (χ1n) is 8.77. The number of methoxy groups -OCH3 is 1. The minimum atomic E-state index is -1.00. The van der Waals surface area contributed by atoms with Gasteiger partial charge in [-0.05, 0) is 19.3 Å². The second-order valence-electron chi connectivity index (χ2n) is 6.23. The molecule has 0 aromatic heterocycles. The molecule has 0 aromatic rings. The van der Waals surface area contributed by atoms with Crippen LogP contribution in [-0.2, 0) is 19.1 Å². The van der Waals surface area contributed by atoms with Crippen LogP contribution in [0.2, 0.25) is 0 Å². The van der Waals surface area contributed by atoms with E-state index in [1.54, 1.807) is 0 Å². The Bertz CT molecular complexity index is 435. The fourth-order valence-corrected chi connectivity index (χ4v) is 3.07. The van der Waals surface area contributed by atoms with Crippen molar-refractivity contribution in [3.8, 4) is 0 Å². The molecule has 2 unspecified atom stereocenters. The van der Waals surface area contributed by atoms with Gasteiger partial charge in [-0.2, -0.15) is 0 Å². The summed E-state index contributed by atoms with van der Waals surface area (Å²) in [4.78, 5) is 39.0. The van der Waals surface area contributed by atoms with Gasteiger partial charge >= 0.3 is 5.97 Å². The minimum absolute atomic E-state index is 0.0671. The smallest absolute Gasteiger partial charge is 0.326 e. The second kappa shape index (κ2) is 10.3. The molecule has 24 heavy (non-hydrogen) atoms. The molecule has 1 rings (SSSR count). The van der Waals surface area contributed by atoms with Gasteiger partial charge in [-0.3, -0.25) is 9.59 Å². The van der Waals surface area contributed by atoms with Crippen LogP contribution in [0.3, 0.4) is 0 Å². The monoisotopic (exact) mass is 342 g/mol. The molecule has 138 valence electrons. The highest BCUT2D eigenvalue weighted by molar-refractivity contribution is 5.85. The van der Waals surface area contributed by atoms with E-state index in [-0.39, 0.29) is 24.3 Å². The van der Waals surface area contributed by atoms with E-state index < -0.39 is 12.0 Å². The first-order chi connectivity index (χ1) is 11.4. The Morgan fingerprint density at radius 1 is 1.17 bits per heavy atom. The molecule has 1 heterocycles. The Morgan fingerprint density at radius 2 is 1.79 bits per heavy atom. The van der Waals surface area contributed by atoms with Gasteiger partial charge in [0.2, 0.25) is 11.8 Å². The Morgan fingerprint density at radius 3 is 2.29 bits per heavy atom. The van der Waals surface area contributed by atoms with Gasteiger partial charge in [0.1, 0.15) is 6.04 Å². The number of carbonyl (C=O) groups is 3. The number of nitrogens with zero attached hydrogens (tertiary/aromatic N) is 2. The molecule has 1 aliphatic heterocycles. The zero-order valence-corrected chi connectivity index (χ0v) is 15.0. The lowest BCUT2D eigenvalue weighted by atomic mass is 10.1. The van der Waals surface area contributed by atoms with Crippen molar-refractivity contribution in [1.82, 2.24) is 9.80 Å². The molecule has 0 aliphatic carbocycles. The number of carboxylic acid groups (broad SMARTS) is 1. The Kier molecular flexibility index (Phi) is 8.74. The van der Waals surface area contributed by atoms with E-state index in [9.17, 15) is 19.5 Å². The third-order valence-corrected chi connectivity index (χ3v) is 4.32. The minimum Gasteiger partial charge on any atom is -0.480 e. The topological polar surface area (TPSA) is 87.2 Å². The summed E-state index contributed by atoms with van der Waals surface area (Å²) in [7, 11) is 1.52. The molecule has 1 aliphatic rings. The fraction of sp³-hybridized carbons (Fsp3) is 0.824. The quantitative estimate of drug-likeness (QED) is 0.650. The lowest BCUT2D eigenvalue weighted by Crippen LogP contribution is -2.40. The first-order valence-corrected chi connectivity index (χ1v) is 8.77. The van der Waals surface area contributed by atoms with E-state index in [4.69, 9.17) is 4.74 Å². The van der Waals surface area contributed by atoms with Crippen LogP contribution in [-0.4, -0.2) is 71.6 Å². The number of carbonyl (C=O) groups excluding carboxylic acids is 2. The molecule has 0 bridgehead atoms. The van der Waals surface area contributed by atoms with Crippen LogP contribution in [0.5, 0.6) is 0 Å². The van der Waals surface area contributed by atoms with Crippen LogP contribution in [0.15, 0.2) is 0 Å². The summed E-state index contributed by atoms with van der Waals surface area (Å²) in [5.74, 6) is -1.15. The van der Waals surface area contributed by atoms with Crippen molar-refractivity contribution in [3.63, 3.8) is 0 Å². The number of ether oxygens (including phenoxy) is 1. The number of amides is 2. The lowest BCUT2D eigenvalue weighted by molar-refractivity contribution is -0.148. The predicted octanol–water partition coefficient (Wildman–Crippen LogP) is 1.51. The zero-order valence-electron chi connectivity index (χ0n) is 15.0. The Labute approximate surface area is 143 Å². The van der Waals surface area contributed by atoms with Crippen molar-refractivity contribution in [3.05, 3.63) is 0 Å². The summed E-state index contributed by atoms with van der Waals surface area (Å²) >= 11 is 0. The van der Waals surface area contributed by atoms with Crippen LogP contribution in [0.25, 0.3) is 0 Å². The highest BCUT2D eigenvalue weighted by Crippen LogP contribution is 2.21. The van der Waals surface area contributed by atoms with E-state index in [0.717, 1.165) is 25.9 Å². The predicted molar refractivity (Wildman–Crippen MR) is 89.6 cm³/mol. The van der Waals surface area contributed by atoms with Crippen molar-refractivity contribution in [2.24, 2.45) is 0 Å². The Hall–Kier alpha value is -1.63. The van der Waals surface area contributed by atoms with Crippen LogP contribution in [0.4, 0.5) is 0 Å². The molecule has 1 fully saturated rings. The number of carboxylic acids is 1. The average Bonchev–Trinajstić information content (AvgIpc) is 2.99. The van der Waals surface area contributed by atoms with E-state index >= 15 is 0 Å². The summed E-state index contributed by atoms with van der Waals surface area (Å²) in [5.41, 5.74) is 0. The summed E-state index contributed by atoms with van der Waals surface area (Å²) in [5, 5.41) is 9.24. The van der Waals surface area contributed by atoms with Crippen molar-refractivity contribution in [2.45, 2.75) is 64.5 Å². The van der Waals surface area contributed by atoms with Gasteiger partial charge in [-0.15, -0.1) is 0 Å². The summed E-state index contributed by atoms with van der Waals surface area (Å²) in [6.07, 6.45) is 2.87. The van der Waals surface area contributed by atoms with Gasteiger partial charge in [0, 0.05) is 46.0 Å². The fourth-order valence-electron chi connectivity index (χ4n) is 3.07. The first kappa shape index (κ1) is 20.4. The SMILES string of the molecule is CCCN(CCC)C(=O)CCCC(=O)N1CC(OC)CC1C(=O)O. The van der Waals surface area contributed by atoms with Crippen molar-refractivity contribution < 1.29 is 24.2 Å². The second-order valence-corrected chi connectivity index (χ2v) is 6.23. The maximum Gasteiger partial charge on any atom is 0.326 e. The van der Waals surface area contributed by atoms with Crippen molar-refractivity contribution >= 4 is 17.8 Å². The summed E-state index contributed by atoms with van der Waals surface area (Å²) in [6.45, 7) is 5.85. The van der Waals surface area contributed by atoms with Gasteiger partial charge in [-0.1, -0.05) is 13.8 Å². The van der Waals surface area contributed by atoms with Gasteiger partial charge in [0.25, 0.3) is 0 Å². The molecule has 0 radical (unpaired) electrons. The number of likely N-dealkylation sites (tertiary alicyclic amines) is 1. The van der Waals surface area contributed by atoms with E-state index in [1.807, 2.05) is 18.7 Å². The number of aliphatic carboxylic acids is 1. The molecule has 7 nitrogen and oxygen atoms in total. The highest BCUT2D eigenvalue weighted by atomic mass is 16.5. The number of rotatable bonds is 10. The van der Waals surface area contributed by atoms with Crippen LogP contribution < -0.4 is 0 Å². The molecule has 0 aromatic carbocycles. The molecule has 7 heteroatoms. The Balaban J connectivity index is 2.47. The zero-order chi connectivity index (χ0) is 18.1. The van der Waals surface area contributed by atoms with Crippen LogP contribution in [0.1, 0.15) is 52.4 Å². The normalized spacial score (nSPS) is 20.2. The van der Waals surface area contributed by atoms with Gasteiger partial charge in [-0.25, -0.2) is 4.79 Å².